The molecule has 1 aromatic carbocycles. The Morgan fingerprint density at radius 2 is 2.10 bits per heavy atom. The number of piperidine rings is 1. The predicted molar refractivity (Wildman–Crippen MR) is 83.0 cm³/mol. The lowest BCUT2D eigenvalue weighted by Crippen LogP contribution is -2.39. The molecule has 1 atom stereocenters. The quantitative estimate of drug-likeness (QED) is 0.920. The largest absolute Gasteiger partial charge is 0.324 e. The van der Waals surface area contributed by atoms with E-state index < -0.39 is 9.84 Å². The number of hydrogen-bond donors (Lipinski definition) is 1. The summed E-state index contributed by atoms with van der Waals surface area (Å²) >= 11 is 0. The van der Waals surface area contributed by atoms with Gasteiger partial charge in [0.25, 0.3) is 0 Å². The van der Waals surface area contributed by atoms with Crippen LogP contribution in [-0.2, 0) is 14.6 Å². The van der Waals surface area contributed by atoms with Gasteiger partial charge in [0.05, 0.1) is 17.1 Å². The summed E-state index contributed by atoms with van der Waals surface area (Å²) in [7, 11) is -3.35. The summed E-state index contributed by atoms with van der Waals surface area (Å²) in [6.07, 6.45) is 3.45. The van der Waals surface area contributed by atoms with Gasteiger partial charge in [0.1, 0.15) is 0 Å². The Bertz CT molecular complexity index is 613. The fourth-order valence-corrected chi connectivity index (χ4v) is 3.56. The topological polar surface area (TPSA) is 66.5 Å². The molecule has 1 heterocycles. The van der Waals surface area contributed by atoms with Gasteiger partial charge in [-0.15, -0.1) is 0 Å². The van der Waals surface area contributed by atoms with Crippen LogP contribution in [0.25, 0.3) is 0 Å². The summed E-state index contributed by atoms with van der Waals surface area (Å²) in [5.74, 6) is 0.440. The lowest BCUT2D eigenvalue weighted by atomic mass is 10.0. The zero-order chi connectivity index (χ0) is 15.5. The zero-order valence-corrected chi connectivity index (χ0v) is 13.3. The van der Waals surface area contributed by atoms with Crippen molar-refractivity contribution in [2.24, 2.45) is 5.92 Å². The van der Waals surface area contributed by atoms with Crippen LogP contribution < -0.4 is 5.32 Å². The summed E-state index contributed by atoms with van der Waals surface area (Å²) in [4.78, 5) is 14.4. The highest BCUT2D eigenvalue weighted by Gasteiger charge is 2.20. The van der Waals surface area contributed by atoms with Crippen LogP contribution in [0.5, 0.6) is 0 Å². The molecule has 0 unspecified atom stereocenters. The van der Waals surface area contributed by atoms with Crippen molar-refractivity contribution in [1.29, 1.82) is 0 Å². The third-order valence-electron chi connectivity index (χ3n) is 3.67. The minimum Gasteiger partial charge on any atom is -0.324 e. The molecule has 0 saturated carbocycles. The Hall–Kier alpha value is -1.40. The van der Waals surface area contributed by atoms with Crippen LogP contribution in [-0.4, -0.2) is 45.1 Å². The van der Waals surface area contributed by atoms with Crippen LogP contribution in [0.4, 0.5) is 5.69 Å². The molecule has 2 rings (SSSR count). The second-order valence-electron chi connectivity index (χ2n) is 5.80. The number of likely N-dealkylation sites (tertiary alicyclic amines) is 1. The second-order valence-corrected chi connectivity index (χ2v) is 7.78. The van der Waals surface area contributed by atoms with E-state index in [1.165, 1.54) is 12.5 Å². The van der Waals surface area contributed by atoms with Gasteiger partial charge < -0.3 is 5.32 Å². The molecular weight excluding hydrogens is 288 g/mol. The molecule has 0 spiro atoms. The van der Waals surface area contributed by atoms with Crippen LogP contribution in [0.2, 0.25) is 0 Å². The van der Waals surface area contributed by atoms with Crippen molar-refractivity contribution in [2.75, 3.05) is 31.2 Å². The molecule has 0 aromatic heterocycles. The Morgan fingerprint density at radius 3 is 2.76 bits per heavy atom. The summed E-state index contributed by atoms with van der Waals surface area (Å²) in [6, 6.07) is 6.49. The monoisotopic (exact) mass is 310 g/mol. The summed E-state index contributed by atoms with van der Waals surface area (Å²) in [5.41, 5.74) is 0.357. The number of nitrogens with zero attached hydrogens (tertiary/aromatic N) is 1. The van der Waals surface area contributed by atoms with Crippen molar-refractivity contribution in [2.45, 2.75) is 24.7 Å². The summed E-state index contributed by atoms with van der Waals surface area (Å²) in [5, 5.41) is 2.72. The van der Waals surface area contributed by atoms with Gasteiger partial charge in [0.2, 0.25) is 5.91 Å². The molecule has 0 aliphatic carbocycles. The highest BCUT2D eigenvalue weighted by atomic mass is 32.2. The Kier molecular flexibility index (Phi) is 5.00. The number of para-hydroxylation sites is 1. The number of nitrogens with one attached hydrogen (secondary N) is 1. The first-order valence-electron chi connectivity index (χ1n) is 7.17. The SMILES string of the molecule is C[C@@H]1CCCN(CC(=O)Nc2ccccc2S(C)(=O)=O)C1. The third kappa shape index (κ3) is 4.54. The number of rotatable bonds is 4. The van der Waals surface area contributed by atoms with E-state index in [1.54, 1.807) is 18.2 Å². The minimum absolute atomic E-state index is 0.158. The molecule has 6 heteroatoms. The van der Waals surface area contributed by atoms with Crippen molar-refractivity contribution < 1.29 is 13.2 Å². The van der Waals surface area contributed by atoms with Crippen molar-refractivity contribution in [3.63, 3.8) is 0 Å². The standard InChI is InChI=1S/C15H22N2O3S/c1-12-6-5-9-17(10-12)11-15(18)16-13-7-3-4-8-14(13)21(2,19)20/h3-4,7-8,12H,5-6,9-11H2,1-2H3,(H,16,18)/t12-/m1/s1. The fourth-order valence-electron chi connectivity index (χ4n) is 2.72. The number of hydrogen-bond acceptors (Lipinski definition) is 4. The Balaban J connectivity index is 2.03. The zero-order valence-electron chi connectivity index (χ0n) is 12.5. The van der Waals surface area contributed by atoms with Gasteiger partial charge >= 0.3 is 0 Å². The van der Waals surface area contributed by atoms with E-state index in [2.05, 4.69) is 17.1 Å². The van der Waals surface area contributed by atoms with Gasteiger partial charge in [0, 0.05) is 12.8 Å². The number of carbonyl (C=O) groups excluding carboxylic acids is 1. The lowest BCUT2D eigenvalue weighted by Gasteiger charge is -2.30. The maximum atomic E-state index is 12.1. The molecule has 1 amide bonds. The molecule has 1 fully saturated rings. The van der Waals surface area contributed by atoms with Crippen LogP contribution >= 0.6 is 0 Å². The number of benzene rings is 1. The summed E-state index contributed by atoms with van der Waals surface area (Å²) in [6.45, 7) is 4.33. The van der Waals surface area contributed by atoms with Crippen LogP contribution in [0.1, 0.15) is 19.8 Å². The lowest BCUT2D eigenvalue weighted by molar-refractivity contribution is -0.117. The molecule has 0 bridgehead atoms. The highest BCUT2D eigenvalue weighted by molar-refractivity contribution is 7.90. The second kappa shape index (κ2) is 6.58. The van der Waals surface area contributed by atoms with Gasteiger partial charge in [0.15, 0.2) is 9.84 Å². The first kappa shape index (κ1) is 16.0. The van der Waals surface area contributed by atoms with E-state index in [1.807, 2.05) is 0 Å². The molecule has 21 heavy (non-hydrogen) atoms. The molecule has 1 aliphatic heterocycles. The normalized spacial score (nSPS) is 20.2. The predicted octanol–water partition coefficient (Wildman–Crippen LogP) is 1.76. The molecule has 116 valence electrons. The van der Waals surface area contributed by atoms with E-state index in [9.17, 15) is 13.2 Å². The van der Waals surface area contributed by atoms with E-state index >= 15 is 0 Å². The van der Waals surface area contributed by atoms with E-state index in [0.717, 1.165) is 25.8 Å². The average molecular weight is 310 g/mol. The van der Waals surface area contributed by atoms with Gasteiger partial charge in [-0.25, -0.2) is 8.42 Å². The van der Waals surface area contributed by atoms with Crippen molar-refractivity contribution in [1.82, 2.24) is 4.90 Å². The third-order valence-corrected chi connectivity index (χ3v) is 4.82. The molecular formula is C15H22N2O3S. The Labute approximate surface area is 126 Å². The average Bonchev–Trinajstić information content (AvgIpc) is 2.37. The van der Waals surface area contributed by atoms with Crippen LogP contribution in [0, 0.1) is 5.92 Å². The maximum Gasteiger partial charge on any atom is 0.238 e. The van der Waals surface area contributed by atoms with Gasteiger partial charge in [-0.2, -0.15) is 0 Å². The molecule has 0 radical (unpaired) electrons. The molecule has 5 nitrogen and oxygen atoms in total. The van der Waals surface area contributed by atoms with Gasteiger partial charge in [-0.3, -0.25) is 9.69 Å². The van der Waals surface area contributed by atoms with Crippen molar-refractivity contribution in [3.8, 4) is 0 Å². The maximum absolute atomic E-state index is 12.1. The van der Waals surface area contributed by atoms with E-state index in [0.29, 0.717) is 18.2 Å². The molecule has 1 aliphatic rings. The minimum atomic E-state index is -3.35. The number of amides is 1. The van der Waals surface area contributed by atoms with Crippen molar-refractivity contribution in [3.05, 3.63) is 24.3 Å². The van der Waals surface area contributed by atoms with Gasteiger partial charge in [-0.1, -0.05) is 19.1 Å². The van der Waals surface area contributed by atoms with Crippen LogP contribution in [0.15, 0.2) is 29.2 Å². The van der Waals surface area contributed by atoms with Gasteiger partial charge in [-0.05, 0) is 37.4 Å². The summed E-state index contributed by atoms with van der Waals surface area (Å²) < 4.78 is 23.4. The molecule has 1 aromatic rings. The number of sulfone groups is 1. The first-order valence-corrected chi connectivity index (χ1v) is 9.06. The fraction of sp³-hybridized carbons (Fsp3) is 0.533. The molecule has 1 N–H and O–H groups in total. The highest BCUT2D eigenvalue weighted by Crippen LogP contribution is 2.21. The number of carbonyl (C=O) groups is 1. The Morgan fingerprint density at radius 1 is 1.38 bits per heavy atom. The molecule has 1 saturated heterocycles. The number of anilines is 1. The smallest absolute Gasteiger partial charge is 0.238 e. The van der Waals surface area contributed by atoms with E-state index in [-0.39, 0.29) is 10.8 Å². The van der Waals surface area contributed by atoms with Crippen molar-refractivity contribution >= 4 is 21.4 Å². The van der Waals surface area contributed by atoms with E-state index in [4.69, 9.17) is 0 Å². The van der Waals surface area contributed by atoms with Crippen LogP contribution in [0.3, 0.4) is 0 Å². The first-order chi connectivity index (χ1) is 9.86.